The number of benzene rings is 3. The Balaban J connectivity index is 1.16. The van der Waals surface area contributed by atoms with Gasteiger partial charge in [0.15, 0.2) is 6.61 Å². The number of β-amino-alcohol motifs (C(OH)–C–C–N with tert-alkyl or cyclic N) is 1. The fourth-order valence-electron chi connectivity index (χ4n) is 4.41. The van der Waals surface area contributed by atoms with Crippen LogP contribution in [0.25, 0.3) is 34.0 Å². The molecule has 0 atom stereocenters. The molecule has 0 radical (unpaired) electrons. The van der Waals surface area contributed by atoms with Crippen LogP contribution in [0.5, 0.6) is 5.75 Å². The van der Waals surface area contributed by atoms with Gasteiger partial charge in [0.2, 0.25) is 5.82 Å². The highest BCUT2D eigenvalue weighted by molar-refractivity contribution is 5.78. The zero-order valence-corrected chi connectivity index (χ0v) is 21.5. The van der Waals surface area contributed by atoms with Gasteiger partial charge in [0, 0.05) is 43.9 Å². The first-order chi connectivity index (χ1) is 19.3. The summed E-state index contributed by atoms with van der Waals surface area (Å²) in [6.07, 6.45) is -4.37. The maximum Gasteiger partial charge on any atom is 0.416 e. The Morgan fingerprint density at radius 3 is 2.02 bits per heavy atom. The van der Waals surface area contributed by atoms with E-state index in [4.69, 9.17) is 14.4 Å². The van der Waals surface area contributed by atoms with Crippen LogP contribution in [0.4, 0.5) is 13.2 Å². The molecule has 0 saturated carbocycles. The SMILES string of the molecule is O=C(COc1ccc(-c2nc(-c3ccc(-c4ccc(C(F)(F)F)cc4)cc3)no2)cc1)N1CCN(CCO)CC1. The van der Waals surface area contributed by atoms with Crippen molar-refractivity contribution in [1.82, 2.24) is 19.9 Å². The molecule has 4 aromatic rings. The molecule has 0 bridgehead atoms. The van der Waals surface area contributed by atoms with E-state index >= 15 is 0 Å². The first-order valence-corrected chi connectivity index (χ1v) is 12.8. The lowest BCUT2D eigenvalue weighted by atomic mass is 10.0. The second kappa shape index (κ2) is 11.9. The van der Waals surface area contributed by atoms with Gasteiger partial charge >= 0.3 is 6.18 Å². The number of ether oxygens (including phenoxy) is 1. The number of carbonyl (C=O) groups is 1. The van der Waals surface area contributed by atoms with Gasteiger partial charge in [-0.05, 0) is 47.5 Å². The Hall–Kier alpha value is -4.22. The molecule has 0 unspecified atom stereocenters. The highest BCUT2D eigenvalue weighted by Gasteiger charge is 2.30. The van der Waals surface area contributed by atoms with Crippen molar-refractivity contribution in [2.75, 3.05) is 45.9 Å². The number of aliphatic hydroxyl groups excluding tert-OH is 1. The molecule has 1 saturated heterocycles. The van der Waals surface area contributed by atoms with Crippen molar-refractivity contribution in [2.24, 2.45) is 0 Å². The molecule has 40 heavy (non-hydrogen) atoms. The van der Waals surface area contributed by atoms with E-state index in [1.165, 1.54) is 12.1 Å². The summed E-state index contributed by atoms with van der Waals surface area (Å²) >= 11 is 0. The molecule has 1 aliphatic rings. The van der Waals surface area contributed by atoms with Crippen molar-refractivity contribution in [3.63, 3.8) is 0 Å². The third kappa shape index (κ3) is 6.49. The first-order valence-electron chi connectivity index (χ1n) is 12.8. The summed E-state index contributed by atoms with van der Waals surface area (Å²) in [6, 6.07) is 19.1. The molecule has 1 aromatic heterocycles. The van der Waals surface area contributed by atoms with Gasteiger partial charge in [-0.3, -0.25) is 9.69 Å². The lowest BCUT2D eigenvalue weighted by molar-refractivity contribution is -0.137. The summed E-state index contributed by atoms with van der Waals surface area (Å²) < 4.78 is 49.5. The number of amides is 1. The average Bonchev–Trinajstić information content (AvgIpc) is 3.47. The lowest BCUT2D eigenvalue weighted by Gasteiger charge is -2.34. The van der Waals surface area contributed by atoms with E-state index in [1.807, 2.05) is 0 Å². The Morgan fingerprint density at radius 1 is 0.850 bits per heavy atom. The zero-order valence-electron chi connectivity index (χ0n) is 21.5. The van der Waals surface area contributed by atoms with Crippen LogP contribution in [0.2, 0.25) is 0 Å². The van der Waals surface area contributed by atoms with Gasteiger partial charge in [-0.2, -0.15) is 18.2 Å². The van der Waals surface area contributed by atoms with Crippen molar-refractivity contribution >= 4 is 5.91 Å². The average molecular weight is 553 g/mol. The van der Waals surface area contributed by atoms with E-state index in [0.717, 1.165) is 30.8 Å². The highest BCUT2D eigenvalue weighted by atomic mass is 19.4. The third-order valence-electron chi connectivity index (χ3n) is 6.72. The molecule has 208 valence electrons. The monoisotopic (exact) mass is 552 g/mol. The van der Waals surface area contributed by atoms with Crippen LogP contribution in [-0.2, 0) is 11.0 Å². The van der Waals surface area contributed by atoms with Gasteiger partial charge in [-0.1, -0.05) is 41.6 Å². The van der Waals surface area contributed by atoms with Gasteiger partial charge in [0.1, 0.15) is 5.75 Å². The molecule has 1 amide bonds. The largest absolute Gasteiger partial charge is 0.484 e. The molecule has 3 aromatic carbocycles. The van der Waals surface area contributed by atoms with Crippen molar-refractivity contribution < 1.29 is 32.3 Å². The fraction of sp³-hybridized carbons (Fsp3) is 0.276. The van der Waals surface area contributed by atoms with Gasteiger partial charge in [-0.15, -0.1) is 0 Å². The third-order valence-corrected chi connectivity index (χ3v) is 6.72. The van der Waals surface area contributed by atoms with Gasteiger partial charge in [0.25, 0.3) is 11.8 Å². The summed E-state index contributed by atoms with van der Waals surface area (Å²) in [5.74, 6) is 1.14. The van der Waals surface area contributed by atoms with E-state index in [0.29, 0.717) is 53.8 Å². The number of aromatic nitrogens is 2. The molecular weight excluding hydrogens is 525 g/mol. The number of alkyl halides is 3. The molecule has 5 rings (SSSR count). The second-order valence-electron chi connectivity index (χ2n) is 9.33. The number of halogens is 3. The zero-order chi connectivity index (χ0) is 28.1. The molecule has 8 nitrogen and oxygen atoms in total. The summed E-state index contributed by atoms with van der Waals surface area (Å²) in [4.78, 5) is 20.8. The normalized spacial score (nSPS) is 14.3. The van der Waals surface area contributed by atoms with Crippen LogP contribution in [0.15, 0.2) is 77.3 Å². The predicted octanol–water partition coefficient (Wildman–Crippen LogP) is 4.60. The standard InChI is InChI=1S/C29H27F3N4O4/c30-29(31,32)24-9-5-21(6-10-24)20-1-3-22(4-2-20)27-33-28(40-34-27)23-7-11-25(12-8-23)39-19-26(38)36-15-13-35(14-16-36)17-18-37/h1-12,37H,13-19H2. The van der Waals surface area contributed by atoms with Crippen molar-refractivity contribution in [2.45, 2.75) is 6.18 Å². The minimum atomic E-state index is -4.37. The van der Waals surface area contributed by atoms with Crippen molar-refractivity contribution in [3.8, 4) is 39.7 Å². The maximum atomic E-state index is 12.8. The molecule has 11 heteroatoms. The molecule has 2 heterocycles. The van der Waals surface area contributed by atoms with Crippen LogP contribution >= 0.6 is 0 Å². The number of hydrogen-bond donors (Lipinski definition) is 1. The number of nitrogens with zero attached hydrogens (tertiary/aromatic N) is 4. The van der Waals surface area contributed by atoms with Gasteiger partial charge in [-0.25, -0.2) is 0 Å². The lowest BCUT2D eigenvalue weighted by Crippen LogP contribution is -2.50. The summed E-state index contributed by atoms with van der Waals surface area (Å²) in [5, 5.41) is 13.1. The first kappa shape index (κ1) is 27.4. The van der Waals surface area contributed by atoms with Gasteiger partial charge < -0.3 is 19.3 Å². The summed E-state index contributed by atoms with van der Waals surface area (Å²) in [5.41, 5.74) is 2.11. The van der Waals surface area contributed by atoms with E-state index in [-0.39, 0.29) is 19.1 Å². The topological polar surface area (TPSA) is 91.9 Å². The van der Waals surface area contributed by atoms with Crippen LogP contribution in [-0.4, -0.2) is 76.9 Å². The van der Waals surface area contributed by atoms with Crippen LogP contribution in [0.1, 0.15) is 5.56 Å². The van der Waals surface area contributed by atoms with E-state index < -0.39 is 11.7 Å². The second-order valence-corrected chi connectivity index (χ2v) is 9.33. The Morgan fingerprint density at radius 2 is 1.43 bits per heavy atom. The summed E-state index contributed by atoms with van der Waals surface area (Å²) in [6.45, 7) is 3.35. The fourth-order valence-corrected chi connectivity index (χ4v) is 4.41. The molecule has 0 aliphatic carbocycles. The minimum absolute atomic E-state index is 0.0630. The van der Waals surface area contributed by atoms with Crippen molar-refractivity contribution in [1.29, 1.82) is 0 Å². The summed E-state index contributed by atoms with van der Waals surface area (Å²) in [7, 11) is 0. The van der Waals surface area contributed by atoms with Gasteiger partial charge in [0.05, 0.1) is 12.2 Å². The molecule has 1 aliphatic heterocycles. The Labute approximate surface area is 228 Å². The number of rotatable bonds is 8. The number of piperazine rings is 1. The minimum Gasteiger partial charge on any atom is -0.484 e. The maximum absolute atomic E-state index is 12.8. The van der Waals surface area contributed by atoms with Crippen LogP contribution < -0.4 is 4.74 Å². The number of carbonyl (C=O) groups excluding carboxylic acids is 1. The number of hydrogen-bond acceptors (Lipinski definition) is 7. The van der Waals surface area contributed by atoms with E-state index in [9.17, 15) is 18.0 Å². The highest BCUT2D eigenvalue weighted by Crippen LogP contribution is 2.32. The van der Waals surface area contributed by atoms with Crippen LogP contribution in [0.3, 0.4) is 0 Å². The Bertz CT molecular complexity index is 1410. The van der Waals surface area contributed by atoms with E-state index in [1.54, 1.807) is 53.4 Å². The quantitative estimate of drug-likeness (QED) is 0.342. The molecule has 0 spiro atoms. The van der Waals surface area contributed by atoms with Crippen molar-refractivity contribution in [3.05, 3.63) is 78.4 Å². The molecular formula is C29H27F3N4O4. The molecule has 1 fully saturated rings. The predicted molar refractivity (Wildman–Crippen MR) is 141 cm³/mol. The van der Waals surface area contributed by atoms with Crippen LogP contribution in [0, 0.1) is 0 Å². The van der Waals surface area contributed by atoms with E-state index in [2.05, 4.69) is 15.0 Å². The molecule has 1 N–H and O–H groups in total. The number of aliphatic hydroxyl groups is 1. The Kier molecular flexibility index (Phi) is 8.13. The smallest absolute Gasteiger partial charge is 0.416 e.